The van der Waals surface area contributed by atoms with Gasteiger partial charge in [0, 0.05) is 6.04 Å². The lowest BCUT2D eigenvalue weighted by atomic mass is 10.0. The zero-order chi connectivity index (χ0) is 14.9. The normalized spacial score (nSPS) is 19.2. The van der Waals surface area contributed by atoms with Gasteiger partial charge in [0.1, 0.15) is 22.0 Å². The first-order chi connectivity index (χ1) is 9.33. The number of aryl methyl sites for hydroxylation is 2. The highest BCUT2D eigenvalue weighted by molar-refractivity contribution is 7.89. The molecule has 0 spiro atoms. The van der Waals surface area contributed by atoms with E-state index in [0.29, 0.717) is 12.8 Å². The average Bonchev–Trinajstić information content (AvgIpc) is 2.65. The van der Waals surface area contributed by atoms with Gasteiger partial charge in [-0.3, -0.25) is 0 Å². The highest BCUT2D eigenvalue weighted by Gasteiger charge is 2.32. The Balaban J connectivity index is 2.39. The maximum Gasteiger partial charge on any atom is 0.340 e. The second-order valence-electron chi connectivity index (χ2n) is 4.83. The Bertz CT molecular complexity index is 657. The van der Waals surface area contributed by atoms with E-state index >= 15 is 0 Å². The zero-order valence-electron chi connectivity index (χ0n) is 11.3. The van der Waals surface area contributed by atoms with Gasteiger partial charge in [0.25, 0.3) is 0 Å². The van der Waals surface area contributed by atoms with Gasteiger partial charge < -0.3 is 9.52 Å². The molecule has 2 N–H and O–H groups in total. The lowest BCUT2D eigenvalue weighted by molar-refractivity contribution is 0.0691. The molecule has 0 radical (unpaired) electrons. The van der Waals surface area contributed by atoms with Crippen LogP contribution in [-0.4, -0.2) is 25.5 Å². The summed E-state index contributed by atoms with van der Waals surface area (Å²) in [5, 5.41) is 9.17. The molecular formula is C13H17NO5S. The fraction of sp³-hybridized carbons (Fsp3) is 0.462. The minimum absolute atomic E-state index is 0.0961. The molecule has 0 fully saturated rings. The SMILES string of the molecule is Cc1oc(C)c(S(=O)(=O)NC2CC=CCC2)c1C(=O)O. The van der Waals surface area contributed by atoms with E-state index in [-0.39, 0.29) is 28.0 Å². The van der Waals surface area contributed by atoms with Gasteiger partial charge in [-0.25, -0.2) is 17.9 Å². The molecule has 2 rings (SSSR count). The van der Waals surface area contributed by atoms with E-state index in [1.165, 1.54) is 13.8 Å². The van der Waals surface area contributed by atoms with Crippen molar-refractivity contribution in [1.29, 1.82) is 0 Å². The predicted molar refractivity (Wildman–Crippen MR) is 72.2 cm³/mol. The number of hydrogen-bond donors (Lipinski definition) is 2. The van der Waals surface area contributed by atoms with E-state index in [2.05, 4.69) is 4.72 Å². The smallest absolute Gasteiger partial charge is 0.340 e. The number of carbonyl (C=O) groups is 1. The van der Waals surface area contributed by atoms with Crippen LogP contribution < -0.4 is 4.72 Å². The Morgan fingerprint density at radius 2 is 2.05 bits per heavy atom. The number of allylic oxidation sites excluding steroid dienone is 1. The molecule has 1 atom stereocenters. The van der Waals surface area contributed by atoms with Crippen LogP contribution in [0, 0.1) is 13.8 Å². The molecule has 1 aromatic heterocycles. The van der Waals surface area contributed by atoms with Crippen molar-refractivity contribution in [2.24, 2.45) is 0 Å². The van der Waals surface area contributed by atoms with E-state index < -0.39 is 16.0 Å². The summed E-state index contributed by atoms with van der Waals surface area (Å²) >= 11 is 0. The Labute approximate surface area is 117 Å². The molecule has 1 unspecified atom stereocenters. The Morgan fingerprint density at radius 3 is 2.60 bits per heavy atom. The van der Waals surface area contributed by atoms with Crippen molar-refractivity contribution in [2.45, 2.75) is 44.0 Å². The Kier molecular flexibility index (Phi) is 4.01. The predicted octanol–water partition coefficient (Wildman–Crippen LogP) is 1.98. The summed E-state index contributed by atoms with van der Waals surface area (Å²) in [5.41, 5.74) is -0.290. The third-order valence-corrected chi connectivity index (χ3v) is 4.95. The molecule has 1 aliphatic carbocycles. The maximum absolute atomic E-state index is 12.4. The fourth-order valence-electron chi connectivity index (χ4n) is 2.41. The van der Waals surface area contributed by atoms with Gasteiger partial charge >= 0.3 is 5.97 Å². The standard InChI is InChI=1S/C13H17NO5S/c1-8-11(13(15)16)12(9(2)19-8)20(17,18)14-10-6-4-3-5-7-10/h3-4,10,14H,5-7H2,1-2H3,(H,15,16). The number of rotatable bonds is 4. The molecule has 0 bridgehead atoms. The van der Waals surface area contributed by atoms with Crippen molar-refractivity contribution in [3.63, 3.8) is 0 Å². The first-order valence-electron chi connectivity index (χ1n) is 6.33. The number of hydrogen-bond acceptors (Lipinski definition) is 4. The van der Waals surface area contributed by atoms with Crippen molar-refractivity contribution in [3.05, 3.63) is 29.2 Å². The maximum atomic E-state index is 12.4. The molecule has 0 saturated carbocycles. The molecule has 20 heavy (non-hydrogen) atoms. The summed E-state index contributed by atoms with van der Waals surface area (Å²) in [6.07, 6.45) is 6.04. The number of carboxylic acids is 1. The number of sulfonamides is 1. The highest BCUT2D eigenvalue weighted by atomic mass is 32.2. The summed E-state index contributed by atoms with van der Waals surface area (Å²) in [4.78, 5) is 11.0. The first-order valence-corrected chi connectivity index (χ1v) is 7.82. The van der Waals surface area contributed by atoms with Gasteiger partial charge in [-0.2, -0.15) is 0 Å². The Morgan fingerprint density at radius 1 is 1.35 bits per heavy atom. The third kappa shape index (κ3) is 2.78. The van der Waals surface area contributed by atoms with Crippen LogP contribution in [0.4, 0.5) is 0 Å². The van der Waals surface area contributed by atoms with E-state index in [4.69, 9.17) is 9.52 Å². The molecular weight excluding hydrogens is 282 g/mol. The van der Waals surface area contributed by atoms with Gasteiger partial charge in [0.05, 0.1) is 0 Å². The minimum atomic E-state index is -3.90. The molecule has 0 saturated heterocycles. The van der Waals surface area contributed by atoms with Gasteiger partial charge in [0.15, 0.2) is 0 Å². The first kappa shape index (κ1) is 14.8. The molecule has 1 aromatic rings. The highest BCUT2D eigenvalue weighted by Crippen LogP contribution is 2.27. The zero-order valence-corrected chi connectivity index (χ0v) is 12.2. The quantitative estimate of drug-likeness (QED) is 0.829. The summed E-state index contributed by atoms with van der Waals surface area (Å²) < 4.78 is 32.5. The van der Waals surface area contributed by atoms with Crippen LogP contribution in [0.5, 0.6) is 0 Å². The van der Waals surface area contributed by atoms with E-state index in [1.54, 1.807) is 0 Å². The van der Waals surface area contributed by atoms with Crippen molar-refractivity contribution >= 4 is 16.0 Å². The van der Waals surface area contributed by atoms with Crippen molar-refractivity contribution in [3.8, 4) is 0 Å². The lowest BCUT2D eigenvalue weighted by Gasteiger charge is -2.19. The van der Waals surface area contributed by atoms with Gasteiger partial charge in [-0.1, -0.05) is 12.2 Å². The molecule has 1 heterocycles. The average molecular weight is 299 g/mol. The van der Waals surface area contributed by atoms with Crippen LogP contribution >= 0.6 is 0 Å². The van der Waals surface area contributed by atoms with Crippen molar-refractivity contribution in [1.82, 2.24) is 4.72 Å². The molecule has 0 aliphatic heterocycles. The van der Waals surface area contributed by atoms with Gasteiger partial charge in [0.2, 0.25) is 10.0 Å². The molecule has 0 amide bonds. The van der Waals surface area contributed by atoms with E-state index in [0.717, 1.165) is 6.42 Å². The minimum Gasteiger partial charge on any atom is -0.478 e. The topological polar surface area (TPSA) is 96.6 Å². The van der Waals surface area contributed by atoms with E-state index in [9.17, 15) is 13.2 Å². The number of furan rings is 1. The van der Waals surface area contributed by atoms with Crippen LogP contribution in [0.1, 0.15) is 41.1 Å². The van der Waals surface area contributed by atoms with E-state index in [1.807, 2.05) is 12.2 Å². The largest absolute Gasteiger partial charge is 0.478 e. The van der Waals surface area contributed by atoms with Crippen molar-refractivity contribution < 1.29 is 22.7 Å². The van der Waals surface area contributed by atoms with Crippen LogP contribution in [0.3, 0.4) is 0 Å². The van der Waals surface area contributed by atoms with Crippen LogP contribution in [0.2, 0.25) is 0 Å². The van der Waals surface area contributed by atoms with Crippen LogP contribution in [0.25, 0.3) is 0 Å². The summed E-state index contributed by atoms with van der Waals surface area (Å²) in [6.45, 7) is 2.90. The number of aromatic carboxylic acids is 1. The third-order valence-electron chi connectivity index (χ3n) is 3.28. The summed E-state index contributed by atoms with van der Waals surface area (Å²) in [5.74, 6) is -1.11. The number of nitrogens with one attached hydrogen (secondary N) is 1. The molecule has 110 valence electrons. The Hall–Kier alpha value is -1.60. The number of carboxylic acid groups (broad SMARTS) is 1. The fourth-order valence-corrected chi connectivity index (χ4v) is 4.10. The molecule has 6 nitrogen and oxygen atoms in total. The van der Waals surface area contributed by atoms with Crippen molar-refractivity contribution in [2.75, 3.05) is 0 Å². The summed E-state index contributed by atoms with van der Waals surface area (Å²) in [6, 6.07) is -0.207. The van der Waals surface area contributed by atoms with Gasteiger partial charge in [-0.05, 0) is 33.1 Å². The lowest BCUT2D eigenvalue weighted by Crippen LogP contribution is -2.36. The van der Waals surface area contributed by atoms with Gasteiger partial charge in [-0.15, -0.1) is 0 Å². The molecule has 7 heteroatoms. The van der Waals surface area contributed by atoms with Crippen LogP contribution in [0.15, 0.2) is 21.5 Å². The van der Waals surface area contributed by atoms with Crippen LogP contribution in [-0.2, 0) is 10.0 Å². The monoisotopic (exact) mass is 299 g/mol. The molecule has 1 aliphatic rings. The summed E-state index contributed by atoms with van der Waals surface area (Å²) in [7, 11) is -3.90. The second-order valence-corrected chi connectivity index (χ2v) is 6.48. The molecule has 0 aromatic carbocycles. The second kappa shape index (κ2) is 5.41.